The van der Waals surface area contributed by atoms with Crippen molar-refractivity contribution in [2.75, 3.05) is 11.4 Å². The second-order valence-electron chi connectivity index (χ2n) is 5.61. The van der Waals surface area contributed by atoms with Crippen LogP contribution in [-0.4, -0.2) is 33.3 Å². The Balaban J connectivity index is 1.87. The molecule has 2 aliphatic heterocycles. The third kappa shape index (κ3) is 2.13. The fourth-order valence-electron chi connectivity index (χ4n) is 3.50. The Morgan fingerprint density at radius 3 is 2.91 bits per heavy atom. The zero-order valence-corrected chi connectivity index (χ0v) is 13.0. The molecule has 2 aliphatic rings. The van der Waals surface area contributed by atoms with Gasteiger partial charge in [-0.3, -0.25) is 24.7 Å². The number of rotatable bonds is 3. The number of amides is 1. The number of nitrogens with zero attached hydrogens (tertiary/aromatic N) is 4. The van der Waals surface area contributed by atoms with Gasteiger partial charge in [-0.2, -0.15) is 0 Å². The molecule has 0 saturated carbocycles. The fraction of sp³-hybridized carbons (Fsp3) is 0.333. The second-order valence-corrected chi connectivity index (χ2v) is 6.48. The predicted molar refractivity (Wildman–Crippen MR) is 85.2 cm³/mol. The molecule has 2 saturated heterocycles. The van der Waals surface area contributed by atoms with E-state index in [0.717, 1.165) is 19.4 Å². The summed E-state index contributed by atoms with van der Waals surface area (Å²) in [6.07, 6.45) is 2.91. The van der Waals surface area contributed by atoms with Crippen molar-refractivity contribution < 1.29 is 9.72 Å². The van der Waals surface area contributed by atoms with Gasteiger partial charge in [-0.1, -0.05) is 12.1 Å². The quantitative estimate of drug-likeness (QED) is 0.638. The second kappa shape index (κ2) is 5.39. The summed E-state index contributed by atoms with van der Waals surface area (Å²) < 4.78 is 0. The number of thiazole rings is 1. The number of aromatic nitrogens is 1. The molecule has 2 fully saturated rings. The van der Waals surface area contributed by atoms with Crippen LogP contribution in [0.1, 0.15) is 24.6 Å². The van der Waals surface area contributed by atoms with Crippen LogP contribution in [0.2, 0.25) is 0 Å². The van der Waals surface area contributed by atoms with Gasteiger partial charge in [-0.15, -0.1) is 11.3 Å². The third-order valence-corrected chi connectivity index (χ3v) is 5.18. The maximum absolute atomic E-state index is 12.8. The van der Waals surface area contributed by atoms with Gasteiger partial charge in [0.1, 0.15) is 6.17 Å². The van der Waals surface area contributed by atoms with Crippen LogP contribution in [0.3, 0.4) is 0 Å². The number of fused-ring (bicyclic) bond motifs is 1. The molecule has 2 atom stereocenters. The van der Waals surface area contributed by atoms with Gasteiger partial charge in [0.25, 0.3) is 5.69 Å². The molecule has 0 spiro atoms. The van der Waals surface area contributed by atoms with Crippen LogP contribution < -0.4 is 4.90 Å². The first-order valence-corrected chi connectivity index (χ1v) is 8.28. The van der Waals surface area contributed by atoms with Crippen LogP contribution in [0.5, 0.6) is 0 Å². The Labute approximate surface area is 136 Å². The first-order chi connectivity index (χ1) is 11.2. The predicted octanol–water partition coefficient (Wildman–Crippen LogP) is 2.56. The molecule has 118 valence electrons. The number of anilines is 1. The summed E-state index contributed by atoms with van der Waals surface area (Å²) >= 11 is 1.37. The monoisotopic (exact) mass is 330 g/mol. The minimum atomic E-state index is -0.456. The number of hydrogen-bond donors (Lipinski definition) is 0. The zero-order valence-electron chi connectivity index (χ0n) is 12.2. The summed E-state index contributed by atoms with van der Waals surface area (Å²) in [5.74, 6) is -0.0133. The van der Waals surface area contributed by atoms with Gasteiger partial charge in [0.15, 0.2) is 5.13 Å². The fourth-order valence-corrected chi connectivity index (χ4v) is 4.17. The molecule has 2 unspecified atom stereocenters. The van der Waals surface area contributed by atoms with Crippen LogP contribution in [0, 0.1) is 10.1 Å². The van der Waals surface area contributed by atoms with Gasteiger partial charge in [-0.25, -0.2) is 4.98 Å². The minimum absolute atomic E-state index is 0.0133. The Bertz CT molecular complexity index is 764. The molecule has 1 aromatic carbocycles. The van der Waals surface area contributed by atoms with E-state index < -0.39 is 6.17 Å². The molecule has 4 rings (SSSR count). The molecule has 0 bridgehead atoms. The number of benzene rings is 1. The smallest absolute Gasteiger partial charge is 0.273 e. The van der Waals surface area contributed by atoms with Gasteiger partial charge in [0.2, 0.25) is 5.91 Å². The van der Waals surface area contributed by atoms with Gasteiger partial charge >= 0.3 is 0 Å². The Morgan fingerprint density at radius 2 is 2.17 bits per heavy atom. The average molecular weight is 330 g/mol. The van der Waals surface area contributed by atoms with Crippen molar-refractivity contribution in [1.82, 2.24) is 9.88 Å². The van der Waals surface area contributed by atoms with E-state index in [1.165, 1.54) is 17.4 Å². The van der Waals surface area contributed by atoms with Crippen molar-refractivity contribution in [2.24, 2.45) is 0 Å². The van der Waals surface area contributed by atoms with E-state index in [0.29, 0.717) is 10.7 Å². The zero-order chi connectivity index (χ0) is 16.0. The largest absolute Gasteiger partial charge is 0.276 e. The van der Waals surface area contributed by atoms with Gasteiger partial charge in [0, 0.05) is 24.2 Å². The standard InChI is InChI=1S/C15H14N4O3S/c20-14-12-6-3-8-17(12)13(18(14)15-16-7-9-23-15)10-4-1-2-5-11(10)19(21)22/h1-2,4-5,7,9,12-13H,3,6,8H2. The molecule has 1 aromatic heterocycles. The molecule has 23 heavy (non-hydrogen) atoms. The third-order valence-electron chi connectivity index (χ3n) is 4.41. The van der Waals surface area contributed by atoms with Crippen LogP contribution >= 0.6 is 11.3 Å². The molecule has 0 radical (unpaired) electrons. The molecule has 1 amide bonds. The lowest BCUT2D eigenvalue weighted by Crippen LogP contribution is -2.32. The van der Waals surface area contributed by atoms with Gasteiger partial charge in [0.05, 0.1) is 16.5 Å². The molecule has 8 heteroatoms. The molecular weight excluding hydrogens is 316 g/mol. The summed E-state index contributed by atoms with van der Waals surface area (Å²) in [4.78, 5) is 31.8. The van der Waals surface area contributed by atoms with Crippen molar-refractivity contribution in [1.29, 1.82) is 0 Å². The first kappa shape index (κ1) is 14.3. The molecule has 2 aromatic rings. The van der Waals surface area contributed by atoms with Crippen molar-refractivity contribution >= 4 is 28.1 Å². The molecule has 7 nitrogen and oxygen atoms in total. The van der Waals surface area contributed by atoms with Gasteiger partial charge < -0.3 is 0 Å². The lowest BCUT2D eigenvalue weighted by molar-refractivity contribution is -0.385. The maximum Gasteiger partial charge on any atom is 0.276 e. The molecule has 0 N–H and O–H groups in total. The van der Waals surface area contributed by atoms with Crippen molar-refractivity contribution in [3.63, 3.8) is 0 Å². The lowest BCUT2D eigenvalue weighted by Gasteiger charge is -2.27. The summed E-state index contributed by atoms with van der Waals surface area (Å²) in [6.45, 7) is 0.759. The van der Waals surface area contributed by atoms with Crippen LogP contribution in [0.15, 0.2) is 35.8 Å². The number of hydrogen-bond acceptors (Lipinski definition) is 6. The van der Waals surface area contributed by atoms with E-state index in [2.05, 4.69) is 9.88 Å². The Kier molecular flexibility index (Phi) is 3.35. The first-order valence-electron chi connectivity index (χ1n) is 7.40. The number of nitro groups is 1. The van der Waals surface area contributed by atoms with Crippen LogP contribution in [0.4, 0.5) is 10.8 Å². The van der Waals surface area contributed by atoms with Crippen LogP contribution in [0.25, 0.3) is 0 Å². The van der Waals surface area contributed by atoms with E-state index in [1.807, 2.05) is 5.38 Å². The lowest BCUT2D eigenvalue weighted by atomic mass is 10.1. The summed E-state index contributed by atoms with van der Waals surface area (Å²) in [5.41, 5.74) is 0.588. The van der Waals surface area contributed by atoms with Crippen molar-refractivity contribution in [3.05, 3.63) is 51.5 Å². The highest BCUT2D eigenvalue weighted by molar-refractivity contribution is 7.13. The minimum Gasteiger partial charge on any atom is -0.273 e. The number of nitro benzene ring substituents is 1. The molecule has 3 heterocycles. The summed E-state index contributed by atoms with van der Waals surface area (Å²) in [5, 5.41) is 13.8. The van der Waals surface area contributed by atoms with Gasteiger partial charge in [-0.05, 0) is 18.9 Å². The Morgan fingerprint density at radius 1 is 1.35 bits per heavy atom. The van der Waals surface area contributed by atoms with E-state index in [9.17, 15) is 14.9 Å². The van der Waals surface area contributed by atoms with E-state index in [1.54, 1.807) is 29.3 Å². The van der Waals surface area contributed by atoms with E-state index in [4.69, 9.17) is 0 Å². The van der Waals surface area contributed by atoms with Crippen molar-refractivity contribution in [2.45, 2.75) is 25.0 Å². The summed E-state index contributed by atoms with van der Waals surface area (Å²) in [6, 6.07) is 6.44. The Hall–Kier alpha value is -2.32. The highest BCUT2D eigenvalue weighted by Crippen LogP contribution is 2.44. The highest BCUT2D eigenvalue weighted by atomic mass is 32.1. The SMILES string of the molecule is O=C1C2CCCN2C(c2ccccc2[N+](=O)[O-])N1c1nccs1. The number of carbonyl (C=O) groups is 1. The average Bonchev–Trinajstić information content (AvgIpc) is 3.25. The van der Waals surface area contributed by atoms with Crippen LogP contribution in [-0.2, 0) is 4.79 Å². The number of carbonyl (C=O) groups excluding carboxylic acids is 1. The molecule has 0 aliphatic carbocycles. The van der Waals surface area contributed by atoms with Crippen molar-refractivity contribution in [3.8, 4) is 0 Å². The number of para-hydroxylation sites is 1. The van der Waals surface area contributed by atoms with E-state index >= 15 is 0 Å². The molecular formula is C15H14N4O3S. The van der Waals surface area contributed by atoms with E-state index in [-0.39, 0.29) is 22.6 Å². The maximum atomic E-state index is 12.8. The normalized spacial score (nSPS) is 24.2. The topological polar surface area (TPSA) is 79.6 Å². The highest BCUT2D eigenvalue weighted by Gasteiger charge is 2.51. The summed E-state index contributed by atoms with van der Waals surface area (Å²) in [7, 11) is 0.